The van der Waals surface area contributed by atoms with Gasteiger partial charge in [0.15, 0.2) is 0 Å². The lowest BCUT2D eigenvalue weighted by Gasteiger charge is -2.25. The van der Waals surface area contributed by atoms with E-state index >= 15 is 0 Å². The van der Waals surface area contributed by atoms with Crippen LogP contribution < -0.4 is 10.1 Å². The Morgan fingerprint density at radius 2 is 2.09 bits per heavy atom. The Balaban J connectivity index is 1.95. The van der Waals surface area contributed by atoms with Crippen LogP contribution in [0.2, 0.25) is 0 Å². The second-order valence-corrected chi connectivity index (χ2v) is 7.09. The first-order valence-electron chi connectivity index (χ1n) is 7.70. The normalized spacial score (nSPS) is 18.1. The van der Waals surface area contributed by atoms with Gasteiger partial charge in [0.25, 0.3) is 0 Å². The average molecular weight is 322 g/mol. The van der Waals surface area contributed by atoms with Crippen molar-refractivity contribution in [1.29, 1.82) is 0 Å². The Bertz CT molecular complexity index is 504. The summed E-state index contributed by atoms with van der Waals surface area (Å²) in [7, 11) is 3.58. The molecular formula is C17H26N2O2S. The smallest absolute Gasteiger partial charge is 0.224 e. The molecule has 0 saturated carbocycles. The molecule has 1 unspecified atom stereocenters. The molecule has 4 nitrogen and oxygen atoms in total. The van der Waals surface area contributed by atoms with Gasteiger partial charge in [-0.15, -0.1) is 0 Å². The summed E-state index contributed by atoms with van der Waals surface area (Å²) in [5.41, 5.74) is 3.38. The van der Waals surface area contributed by atoms with Crippen LogP contribution in [0.1, 0.15) is 23.1 Å². The Morgan fingerprint density at radius 3 is 2.64 bits per heavy atom. The number of nitrogens with one attached hydrogen (secondary N) is 1. The SMILES string of the molecule is COc1c(C)cc(CN(C)C(=O)CC2CSCCN2)cc1C. The fourth-order valence-electron chi connectivity index (χ4n) is 2.93. The largest absolute Gasteiger partial charge is 0.496 e. The minimum Gasteiger partial charge on any atom is -0.496 e. The summed E-state index contributed by atoms with van der Waals surface area (Å²) < 4.78 is 5.39. The van der Waals surface area contributed by atoms with Crippen molar-refractivity contribution in [1.82, 2.24) is 10.2 Å². The minimum atomic E-state index is 0.200. The summed E-state index contributed by atoms with van der Waals surface area (Å²) in [5.74, 6) is 3.30. The molecule has 0 aliphatic carbocycles. The number of aryl methyl sites for hydroxylation is 2. The number of methoxy groups -OCH3 is 1. The van der Waals surface area contributed by atoms with E-state index < -0.39 is 0 Å². The van der Waals surface area contributed by atoms with Crippen LogP contribution in [0.4, 0.5) is 0 Å². The van der Waals surface area contributed by atoms with E-state index in [4.69, 9.17) is 4.74 Å². The number of ether oxygens (including phenoxy) is 1. The molecule has 22 heavy (non-hydrogen) atoms. The van der Waals surface area contributed by atoms with Crippen molar-refractivity contribution < 1.29 is 9.53 Å². The minimum absolute atomic E-state index is 0.200. The molecule has 1 aromatic carbocycles. The van der Waals surface area contributed by atoms with Gasteiger partial charge in [-0.1, -0.05) is 12.1 Å². The van der Waals surface area contributed by atoms with Crippen molar-refractivity contribution in [3.63, 3.8) is 0 Å². The lowest BCUT2D eigenvalue weighted by Crippen LogP contribution is -2.41. The summed E-state index contributed by atoms with van der Waals surface area (Å²) in [6.07, 6.45) is 0.581. The van der Waals surface area contributed by atoms with E-state index in [0.29, 0.717) is 19.0 Å². The zero-order valence-electron chi connectivity index (χ0n) is 13.9. The first kappa shape index (κ1) is 17.2. The van der Waals surface area contributed by atoms with Crippen LogP contribution in [0.3, 0.4) is 0 Å². The van der Waals surface area contributed by atoms with Gasteiger partial charge in [-0.05, 0) is 30.5 Å². The van der Waals surface area contributed by atoms with E-state index in [9.17, 15) is 4.79 Å². The highest BCUT2D eigenvalue weighted by Crippen LogP contribution is 2.25. The highest BCUT2D eigenvalue weighted by molar-refractivity contribution is 7.99. The number of rotatable bonds is 5. The second kappa shape index (κ2) is 7.88. The molecule has 5 heteroatoms. The molecule has 1 heterocycles. The predicted molar refractivity (Wildman–Crippen MR) is 92.7 cm³/mol. The summed E-state index contributed by atoms with van der Waals surface area (Å²) in [6, 6.07) is 4.52. The number of hydrogen-bond donors (Lipinski definition) is 1. The molecule has 122 valence electrons. The van der Waals surface area contributed by atoms with Gasteiger partial charge in [-0.25, -0.2) is 0 Å². The molecule has 1 amide bonds. The maximum Gasteiger partial charge on any atom is 0.224 e. The van der Waals surface area contributed by atoms with Crippen LogP contribution in [0, 0.1) is 13.8 Å². The van der Waals surface area contributed by atoms with Crippen LogP contribution in [-0.2, 0) is 11.3 Å². The molecule has 2 rings (SSSR count). The Labute approximate surface area is 137 Å². The third-order valence-electron chi connectivity index (χ3n) is 3.99. The van der Waals surface area contributed by atoms with Crippen LogP contribution in [0.15, 0.2) is 12.1 Å². The Morgan fingerprint density at radius 1 is 1.41 bits per heavy atom. The molecule has 1 atom stereocenters. The molecular weight excluding hydrogens is 296 g/mol. The zero-order valence-corrected chi connectivity index (χ0v) is 14.8. The highest BCUT2D eigenvalue weighted by Gasteiger charge is 2.19. The molecule has 0 bridgehead atoms. The topological polar surface area (TPSA) is 41.6 Å². The van der Waals surface area contributed by atoms with Gasteiger partial charge in [0.1, 0.15) is 5.75 Å². The molecule has 0 radical (unpaired) electrons. The Hall–Kier alpha value is -1.20. The number of hydrogen-bond acceptors (Lipinski definition) is 4. The molecule has 1 N–H and O–H groups in total. The summed E-state index contributed by atoms with van der Waals surface area (Å²) in [5, 5.41) is 3.42. The number of nitrogens with zero attached hydrogens (tertiary/aromatic N) is 1. The number of amides is 1. The maximum absolute atomic E-state index is 12.4. The van der Waals surface area contributed by atoms with Crippen molar-refractivity contribution in [3.8, 4) is 5.75 Å². The molecule has 1 aliphatic heterocycles. The van der Waals surface area contributed by atoms with E-state index in [1.165, 1.54) is 0 Å². The van der Waals surface area contributed by atoms with Crippen LogP contribution in [0.5, 0.6) is 5.75 Å². The van der Waals surface area contributed by atoms with E-state index in [1.807, 2.05) is 37.6 Å². The van der Waals surface area contributed by atoms with Gasteiger partial charge >= 0.3 is 0 Å². The van der Waals surface area contributed by atoms with E-state index in [0.717, 1.165) is 40.5 Å². The van der Waals surface area contributed by atoms with Crippen molar-refractivity contribution in [2.45, 2.75) is 32.9 Å². The third-order valence-corrected chi connectivity index (χ3v) is 5.12. The Kier molecular flexibility index (Phi) is 6.15. The summed E-state index contributed by atoms with van der Waals surface area (Å²) >= 11 is 1.92. The number of thioether (sulfide) groups is 1. The van der Waals surface area contributed by atoms with Crippen LogP contribution >= 0.6 is 11.8 Å². The fraction of sp³-hybridized carbons (Fsp3) is 0.588. The predicted octanol–water partition coefficient (Wildman–Crippen LogP) is 2.37. The summed E-state index contributed by atoms with van der Waals surface area (Å²) in [6.45, 7) is 5.73. The van der Waals surface area contributed by atoms with Crippen molar-refractivity contribution in [2.24, 2.45) is 0 Å². The molecule has 1 fully saturated rings. The number of carbonyl (C=O) groups is 1. The molecule has 1 aliphatic rings. The summed E-state index contributed by atoms with van der Waals surface area (Å²) in [4.78, 5) is 14.2. The molecule has 1 aromatic rings. The highest BCUT2D eigenvalue weighted by atomic mass is 32.2. The van der Waals surface area contributed by atoms with E-state index in [-0.39, 0.29) is 5.91 Å². The van der Waals surface area contributed by atoms with Gasteiger partial charge in [-0.2, -0.15) is 11.8 Å². The monoisotopic (exact) mass is 322 g/mol. The van der Waals surface area contributed by atoms with E-state index in [1.54, 1.807) is 7.11 Å². The van der Waals surface area contributed by atoms with Crippen molar-refractivity contribution in [3.05, 3.63) is 28.8 Å². The van der Waals surface area contributed by atoms with Gasteiger partial charge in [-0.3, -0.25) is 4.79 Å². The standard InChI is InChI=1S/C17H26N2O2S/c1-12-7-14(8-13(2)17(12)21-4)10-19(3)16(20)9-15-11-22-6-5-18-15/h7-8,15,18H,5-6,9-11H2,1-4H3. The van der Waals surface area contributed by atoms with E-state index in [2.05, 4.69) is 17.4 Å². The van der Waals surface area contributed by atoms with Gasteiger partial charge in [0, 0.05) is 44.1 Å². The average Bonchev–Trinajstić information content (AvgIpc) is 2.48. The number of benzene rings is 1. The van der Waals surface area contributed by atoms with Gasteiger partial charge < -0.3 is 15.0 Å². The number of carbonyl (C=O) groups excluding carboxylic acids is 1. The fourth-order valence-corrected chi connectivity index (χ4v) is 3.88. The molecule has 0 spiro atoms. The van der Waals surface area contributed by atoms with Gasteiger partial charge in [0.05, 0.1) is 7.11 Å². The lowest BCUT2D eigenvalue weighted by molar-refractivity contribution is -0.130. The first-order valence-corrected chi connectivity index (χ1v) is 8.86. The van der Waals surface area contributed by atoms with Crippen molar-refractivity contribution >= 4 is 17.7 Å². The van der Waals surface area contributed by atoms with Crippen LogP contribution in [0.25, 0.3) is 0 Å². The van der Waals surface area contributed by atoms with Crippen LogP contribution in [-0.4, -0.2) is 49.1 Å². The van der Waals surface area contributed by atoms with Crippen molar-refractivity contribution in [2.75, 3.05) is 32.2 Å². The first-order chi connectivity index (χ1) is 10.5. The molecule has 1 saturated heterocycles. The molecule has 0 aromatic heterocycles. The quantitative estimate of drug-likeness (QED) is 0.904. The third kappa shape index (κ3) is 4.40. The lowest BCUT2D eigenvalue weighted by atomic mass is 10.1. The van der Waals surface area contributed by atoms with Gasteiger partial charge in [0.2, 0.25) is 5.91 Å². The zero-order chi connectivity index (χ0) is 16.1. The maximum atomic E-state index is 12.4. The second-order valence-electron chi connectivity index (χ2n) is 5.94.